The third-order valence-electron chi connectivity index (χ3n) is 2.25. The maximum atomic E-state index is 11.9. The summed E-state index contributed by atoms with van der Waals surface area (Å²) in [5, 5.41) is 12.1. The molecule has 17 heavy (non-hydrogen) atoms. The van der Waals surface area contributed by atoms with Crippen molar-refractivity contribution in [1.82, 2.24) is 10.2 Å². The first-order valence-corrected chi connectivity index (χ1v) is 8.65. The van der Waals surface area contributed by atoms with Gasteiger partial charge in [-0.2, -0.15) is 0 Å². The van der Waals surface area contributed by atoms with E-state index in [4.69, 9.17) is 0 Å². The Hall–Kier alpha value is -0.590. The summed E-state index contributed by atoms with van der Waals surface area (Å²) in [6.07, 6.45) is 1.79. The molecule has 0 unspecified atom stereocenters. The molecule has 0 N–H and O–H groups in total. The molecular formula is C11H14N2OS3. The number of thiophene rings is 1. The summed E-state index contributed by atoms with van der Waals surface area (Å²) < 4.78 is 11.9. The maximum absolute atomic E-state index is 11.9. The molecule has 0 fully saturated rings. The summed E-state index contributed by atoms with van der Waals surface area (Å²) >= 11 is 3.29. The van der Waals surface area contributed by atoms with Crippen LogP contribution in [0.1, 0.15) is 21.8 Å². The van der Waals surface area contributed by atoms with E-state index in [9.17, 15) is 4.21 Å². The average molecular weight is 286 g/mol. The van der Waals surface area contributed by atoms with Crippen molar-refractivity contribution in [2.45, 2.75) is 25.5 Å². The number of aromatic nitrogens is 2. The van der Waals surface area contributed by atoms with Gasteiger partial charge in [-0.15, -0.1) is 32.9 Å². The maximum Gasteiger partial charge on any atom is 0.129 e. The van der Waals surface area contributed by atoms with Crippen molar-refractivity contribution in [1.29, 1.82) is 0 Å². The van der Waals surface area contributed by atoms with E-state index in [0.29, 0.717) is 11.5 Å². The quantitative estimate of drug-likeness (QED) is 0.820. The fraction of sp³-hybridized carbons (Fsp3) is 0.455. The fourth-order valence-electron chi connectivity index (χ4n) is 1.37. The van der Waals surface area contributed by atoms with Gasteiger partial charge < -0.3 is 0 Å². The molecule has 0 amide bonds. The number of rotatable bonds is 6. The Morgan fingerprint density at radius 1 is 1.35 bits per heavy atom. The van der Waals surface area contributed by atoms with Gasteiger partial charge in [0.05, 0.1) is 5.75 Å². The van der Waals surface area contributed by atoms with E-state index in [1.165, 1.54) is 4.88 Å². The van der Waals surface area contributed by atoms with Crippen LogP contribution in [-0.4, -0.2) is 20.2 Å². The Kier molecular flexibility index (Phi) is 4.82. The summed E-state index contributed by atoms with van der Waals surface area (Å²) in [5.41, 5.74) is 0. The molecule has 92 valence electrons. The van der Waals surface area contributed by atoms with Crippen molar-refractivity contribution in [2.24, 2.45) is 0 Å². The molecule has 0 aromatic carbocycles. The first-order chi connectivity index (χ1) is 8.28. The van der Waals surface area contributed by atoms with E-state index in [1.54, 1.807) is 22.7 Å². The van der Waals surface area contributed by atoms with Gasteiger partial charge in [0.1, 0.15) is 10.0 Å². The summed E-state index contributed by atoms with van der Waals surface area (Å²) in [6, 6.07) is 4.11. The number of hydrogen-bond donors (Lipinski definition) is 0. The molecule has 0 aliphatic heterocycles. The van der Waals surface area contributed by atoms with Crippen molar-refractivity contribution < 1.29 is 4.21 Å². The zero-order valence-electron chi connectivity index (χ0n) is 9.59. The van der Waals surface area contributed by atoms with Gasteiger partial charge in [-0.3, -0.25) is 4.21 Å². The zero-order valence-corrected chi connectivity index (χ0v) is 12.0. The lowest BCUT2D eigenvalue weighted by molar-refractivity contribution is 0.681. The highest BCUT2D eigenvalue weighted by atomic mass is 32.2. The van der Waals surface area contributed by atoms with Gasteiger partial charge >= 0.3 is 0 Å². The van der Waals surface area contributed by atoms with Crippen molar-refractivity contribution in [3.8, 4) is 0 Å². The van der Waals surface area contributed by atoms with Crippen LogP contribution in [-0.2, 0) is 29.4 Å². The smallest absolute Gasteiger partial charge is 0.129 e. The first-order valence-electron chi connectivity index (χ1n) is 5.46. The van der Waals surface area contributed by atoms with E-state index in [2.05, 4.69) is 28.6 Å². The molecule has 2 aromatic heterocycles. The molecule has 0 aliphatic rings. The Balaban J connectivity index is 1.81. The standard InChI is InChI=1S/C11H14N2OS3/c1-2-10-12-13-11(16-10)8-17(14)7-5-9-4-3-6-15-9/h3-4,6H,2,5,7-8H2,1H3/t17-/m0/s1. The highest BCUT2D eigenvalue weighted by Crippen LogP contribution is 2.14. The Morgan fingerprint density at radius 3 is 2.82 bits per heavy atom. The van der Waals surface area contributed by atoms with Crippen LogP contribution in [0.2, 0.25) is 0 Å². The highest BCUT2D eigenvalue weighted by Gasteiger charge is 2.08. The summed E-state index contributed by atoms with van der Waals surface area (Å²) in [5.74, 6) is 1.25. The zero-order chi connectivity index (χ0) is 12.1. The fourth-order valence-corrected chi connectivity index (χ4v) is 4.34. The predicted molar refractivity (Wildman–Crippen MR) is 74.0 cm³/mol. The van der Waals surface area contributed by atoms with Gasteiger partial charge in [0.15, 0.2) is 0 Å². The Labute approximate surface area is 111 Å². The summed E-state index contributed by atoms with van der Waals surface area (Å²) in [7, 11) is -0.830. The van der Waals surface area contributed by atoms with Crippen LogP contribution in [0.3, 0.4) is 0 Å². The van der Waals surface area contributed by atoms with E-state index in [1.807, 2.05) is 6.07 Å². The molecule has 0 aliphatic carbocycles. The molecule has 0 saturated carbocycles. The van der Waals surface area contributed by atoms with Gasteiger partial charge in [-0.25, -0.2) is 0 Å². The lowest BCUT2D eigenvalue weighted by Crippen LogP contribution is -2.02. The minimum atomic E-state index is -0.830. The van der Waals surface area contributed by atoms with Crippen LogP contribution < -0.4 is 0 Å². The number of hydrogen-bond acceptors (Lipinski definition) is 5. The monoisotopic (exact) mass is 286 g/mol. The van der Waals surface area contributed by atoms with Crippen LogP contribution >= 0.6 is 22.7 Å². The molecule has 0 radical (unpaired) electrons. The van der Waals surface area contributed by atoms with E-state index in [-0.39, 0.29) is 0 Å². The molecule has 2 aromatic rings. The van der Waals surface area contributed by atoms with Crippen LogP contribution in [0.5, 0.6) is 0 Å². The van der Waals surface area contributed by atoms with E-state index < -0.39 is 10.8 Å². The van der Waals surface area contributed by atoms with Crippen LogP contribution in [0.15, 0.2) is 17.5 Å². The molecule has 2 rings (SSSR count). The minimum absolute atomic E-state index is 0.545. The molecule has 0 saturated heterocycles. The average Bonchev–Trinajstić information content (AvgIpc) is 2.97. The summed E-state index contributed by atoms with van der Waals surface area (Å²) in [6.45, 7) is 2.05. The normalized spacial score (nSPS) is 12.8. The second-order valence-corrected chi connectivity index (χ2v) is 7.32. The second kappa shape index (κ2) is 6.37. The van der Waals surface area contributed by atoms with Gasteiger partial charge in [-0.1, -0.05) is 13.0 Å². The Morgan fingerprint density at radius 2 is 2.18 bits per heavy atom. The first kappa shape index (κ1) is 12.9. The van der Waals surface area contributed by atoms with Crippen molar-refractivity contribution in [2.75, 3.05) is 5.75 Å². The van der Waals surface area contributed by atoms with Crippen LogP contribution in [0.25, 0.3) is 0 Å². The molecule has 2 heterocycles. The van der Waals surface area contributed by atoms with Crippen molar-refractivity contribution in [3.05, 3.63) is 32.4 Å². The molecule has 1 atom stereocenters. The van der Waals surface area contributed by atoms with Crippen LogP contribution in [0, 0.1) is 0 Å². The Bertz CT molecular complexity index is 479. The molecular weight excluding hydrogens is 272 g/mol. The van der Waals surface area contributed by atoms with Crippen LogP contribution in [0.4, 0.5) is 0 Å². The molecule has 0 spiro atoms. The van der Waals surface area contributed by atoms with Gasteiger partial charge in [0.2, 0.25) is 0 Å². The van der Waals surface area contributed by atoms with Gasteiger partial charge in [0, 0.05) is 21.4 Å². The van der Waals surface area contributed by atoms with E-state index in [0.717, 1.165) is 22.9 Å². The molecule has 6 heteroatoms. The SMILES string of the molecule is CCc1nnc(C[S@@](=O)CCc2cccs2)s1. The predicted octanol–water partition coefficient (Wildman–Crippen LogP) is 2.65. The number of aryl methyl sites for hydroxylation is 2. The van der Waals surface area contributed by atoms with Gasteiger partial charge in [-0.05, 0) is 24.3 Å². The summed E-state index contributed by atoms with van der Waals surface area (Å²) in [4.78, 5) is 1.30. The molecule has 3 nitrogen and oxygen atoms in total. The third kappa shape index (κ3) is 3.97. The van der Waals surface area contributed by atoms with Gasteiger partial charge in [0.25, 0.3) is 0 Å². The molecule has 0 bridgehead atoms. The second-order valence-electron chi connectivity index (χ2n) is 3.56. The van der Waals surface area contributed by atoms with Crippen molar-refractivity contribution in [3.63, 3.8) is 0 Å². The van der Waals surface area contributed by atoms with Crippen molar-refractivity contribution >= 4 is 33.5 Å². The highest BCUT2D eigenvalue weighted by molar-refractivity contribution is 7.84. The third-order valence-corrected chi connectivity index (χ3v) is 5.69. The minimum Gasteiger partial charge on any atom is -0.259 e. The largest absolute Gasteiger partial charge is 0.259 e. The van der Waals surface area contributed by atoms with E-state index >= 15 is 0 Å². The topological polar surface area (TPSA) is 42.9 Å². The lowest BCUT2D eigenvalue weighted by atomic mass is 10.4. The lowest BCUT2D eigenvalue weighted by Gasteiger charge is -1.97. The number of nitrogens with zero attached hydrogens (tertiary/aromatic N) is 2.